The number of halogens is 1. The first kappa shape index (κ1) is 14.7. The highest BCUT2D eigenvalue weighted by Gasteiger charge is 2.53. The molecule has 0 aliphatic carbocycles. The summed E-state index contributed by atoms with van der Waals surface area (Å²) in [7, 11) is 0. The van der Waals surface area contributed by atoms with Crippen molar-refractivity contribution in [1.82, 2.24) is 0 Å². The first-order chi connectivity index (χ1) is 8.95. The maximum Gasteiger partial charge on any atom is 0.137 e. The van der Waals surface area contributed by atoms with E-state index in [9.17, 15) is 0 Å². The van der Waals surface area contributed by atoms with E-state index < -0.39 is 0 Å². The van der Waals surface area contributed by atoms with Gasteiger partial charge in [0.15, 0.2) is 0 Å². The zero-order chi connectivity index (χ0) is 13.9. The third-order valence-electron chi connectivity index (χ3n) is 3.93. The topological polar surface area (TPSA) is 21.8 Å². The minimum Gasteiger partial charge on any atom is -0.492 e. The quantitative estimate of drug-likeness (QED) is 0.557. The average Bonchev–Trinajstić information content (AvgIpc) is 3.11. The molecule has 1 unspecified atom stereocenters. The molecule has 0 aromatic heterocycles. The van der Waals surface area contributed by atoms with Crippen molar-refractivity contribution in [3.63, 3.8) is 0 Å². The maximum absolute atomic E-state index is 6.03. The summed E-state index contributed by atoms with van der Waals surface area (Å²) in [6.45, 7) is 8.37. The molecule has 2 nitrogen and oxygen atoms in total. The molecule has 1 fully saturated rings. The molecule has 0 amide bonds. The van der Waals surface area contributed by atoms with Crippen LogP contribution in [0, 0.1) is 5.41 Å². The maximum atomic E-state index is 6.03. The van der Waals surface area contributed by atoms with Crippen LogP contribution in [0.25, 0.3) is 0 Å². The lowest BCUT2D eigenvalue weighted by molar-refractivity contribution is 0.139. The van der Waals surface area contributed by atoms with E-state index in [1.54, 1.807) is 0 Å². The lowest BCUT2D eigenvalue weighted by Gasteiger charge is -2.27. The van der Waals surface area contributed by atoms with Crippen LogP contribution < -0.4 is 4.74 Å². The summed E-state index contributed by atoms with van der Waals surface area (Å²) in [5.41, 5.74) is 0.341. The van der Waals surface area contributed by atoms with Gasteiger partial charge in [0, 0.05) is 0 Å². The number of para-hydroxylation sites is 1. The molecule has 3 heteroatoms. The summed E-state index contributed by atoms with van der Waals surface area (Å²) >= 11 is 6.03. The number of rotatable bonds is 6. The first-order valence-corrected chi connectivity index (χ1v) is 7.34. The van der Waals surface area contributed by atoms with E-state index in [4.69, 9.17) is 21.1 Å². The molecule has 0 radical (unpaired) electrons. The van der Waals surface area contributed by atoms with Crippen LogP contribution in [0.5, 0.6) is 5.75 Å². The summed E-state index contributed by atoms with van der Waals surface area (Å²) in [5, 5.41) is 0.680. The second-order valence-corrected chi connectivity index (χ2v) is 6.68. The van der Waals surface area contributed by atoms with Gasteiger partial charge in [0.2, 0.25) is 0 Å². The van der Waals surface area contributed by atoms with E-state index >= 15 is 0 Å². The van der Waals surface area contributed by atoms with E-state index in [0.29, 0.717) is 11.6 Å². The predicted octanol–water partition coefficient (Wildman–Crippen LogP) is 4.70. The van der Waals surface area contributed by atoms with Crippen molar-refractivity contribution < 1.29 is 9.47 Å². The van der Waals surface area contributed by atoms with E-state index in [1.807, 2.05) is 24.3 Å². The summed E-state index contributed by atoms with van der Waals surface area (Å²) < 4.78 is 11.4. The largest absolute Gasteiger partial charge is 0.492 e. The fraction of sp³-hybridized carbons (Fsp3) is 0.625. The summed E-state index contributed by atoms with van der Waals surface area (Å²) in [4.78, 5) is 0. The molecule has 0 N–H and O–H groups in total. The summed E-state index contributed by atoms with van der Waals surface area (Å²) in [6.07, 6.45) is 3.27. The zero-order valence-electron chi connectivity index (χ0n) is 12.0. The Labute approximate surface area is 121 Å². The van der Waals surface area contributed by atoms with Crippen LogP contribution in [0.1, 0.15) is 40.0 Å². The van der Waals surface area contributed by atoms with Gasteiger partial charge < -0.3 is 9.47 Å². The van der Waals surface area contributed by atoms with Crippen LogP contribution in [0.2, 0.25) is 5.02 Å². The van der Waals surface area contributed by atoms with E-state index in [1.165, 1.54) is 0 Å². The van der Waals surface area contributed by atoms with Crippen LogP contribution in [-0.2, 0) is 4.74 Å². The van der Waals surface area contributed by atoms with Crippen molar-refractivity contribution in [2.45, 2.75) is 45.6 Å². The van der Waals surface area contributed by atoms with Crippen molar-refractivity contribution in [3.05, 3.63) is 29.3 Å². The van der Waals surface area contributed by atoms with Gasteiger partial charge in [-0.2, -0.15) is 0 Å². The van der Waals surface area contributed by atoms with Gasteiger partial charge in [-0.05, 0) is 36.8 Å². The number of unbranched alkanes of at least 4 members (excludes halogenated alkanes) is 1. The molecular formula is C16H23ClO2. The monoisotopic (exact) mass is 282 g/mol. The number of epoxide rings is 1. The van der Waals surface area contributed by atoms with Crippen molar-refractivity contribution in [3.8, 4) is 5.75 Å². The Morgan fingerprint density at radius 2 is 1.95 bits per heavy atom. The van der Waals surface area contributed by atoms with E-state index in [0.717, 1.165) is 31.6 Å². The number of hydrogen-bond acceptors (Lipinski definition) is 2. The summed E-state index contributed by atoms with van der Waals surface area (Å²) in [6, 6.07) is 7.60. The third-order valence-corrected chi connectivity index (χ3v) is 4.24. The van der Waals surface area contributed by atoms with Crippen LogP contribution in [-0.4, -0.2) is 18.8 Å². The molecule has 1 atom stereocenters. The molecule has 1 aromatic rings. The smallest absolute Gasteiger partial charge is 0.137 e. The Hall–Kier alpha value is -0.730. The Bertz CT molecular complexity index is 419. The van der Waals surface area contributed by atoms with Gasteiger partial charge >= 0.3 is 0 Å². The zero-order valence-corrected chi connectivity index (χ0v) is 12.8. The lowest BCUT2D eigenvalue weighted by Crippen LogP contribution is -2.30. The van der Waals surface area contributed by atoms with Crippen molar-refractivity contribution in [1.29, 1.82) is 0 Å². The van der Waals surface area contributed by atoms with E-state index in [2.05, 4.69) is 20.8 Å². The normalized spacial score (nSPS) is 22.3. The molecule has 19 heavy (non-hydrogen) atoms. The molecule has 1 aliphatic rings. The van der Waals surface area contributed by atoms with Gasteiger partial charge in [0.25, 0.3) is 0 Å². The molecule has 0 saturated carbocycles. The molecule has 0 bridgehead atoms. The minimum atomic E-state index is 0.109. The van der Waals surface area contributed by atoms with Crippen LogP contribution in [0.4, 0.5) is 0 Å². The Morgan fingerprint density at radius 1 is 1.26 bits per heavy atom. The first-order valence-electron chi connectivity index (χ1n) is 6.96. The summed E-state index contributed by atoms with van der Waals surface area (Å²) in [5.74, 6) is 0.775. The van der Waals surface area contributed by atoms with Gasteiger partial charge in [0.05, 0.1) is 23.8 Å². The van der Waals surface area contributed by atoms with Gasteiger partial charge in [-0.1, -0.05) is 44.5 Å². The highest BCUT2D eigenvalue weighted by Crippen LogP contribution is 2.47. The van der Waals surface area contributed by atoms with Crippen molar-refractivity contribution in [2.24, 2.45) is 5.41 Å². The average molecular weight is 283 g/mol. The predicted molar refractivity (Wildman–Crippen MR) is 78.9 cm³/mol. The lowest BCUT2D eigenvalue weighted by atomic mass is 9.78. The SMILES string of the molecule is CC(C)(C)C1(CCCCOc2ccccc2Cl)CO1. The van der Waals surface area contributed by atoms with Crippen molar-refractivity contribution in [2.75, 3.05) is 13.2 Å². The number of hydrogen-bond donors (Lipinski definition) is 0. The molecule has 0 spiro atoms. The fourth-order valence-corrected chi connectivity index (χ4v) is 2.49. The van der Waals surface area contributed by atoms with Gasteiger partial charge in [0.1, 0.15) is 5.75 Å². The molecular weight excluding hydrogens is 260 g/mol. The number of benzene rings is 1. The molecule has 1 heterocycles. The number of ether oxygens (including phenoxy) is 2. The van der Waals surface area contributed by atoms with E-state index in [-0.39, 0.29) is 11.0 Å². The van der Waals surface area contributed by atoms with Gasteiger partial charge in [-0.15, -0.1) is 0 Å². The van der Waals surface area contributed by atoms with Crippen LogP contribution in [0.15, 0.2) is 24.3 Å². The second kappa shape index (κ2) is 5.72. The van der Waals surface area contributed by atoms with Crippen molar-refractivity contribution >= 4 is 11.6 Å². The molecule has 106 valence electrons. The molecule has 1 aromatic carbocycles. The Kier molecular flexibility index (Phi) is 4.42. The standard InChI is InChI=1S/C16H23ClO2/c1-15(2,3)16(12-19-16)10-6-7-11-18-14-9-5-4-8-13(14)17/h4-5,8-9H,6-7,10-12H2,1-3H3. The van der Waals surface area contributed by atoms with Gasteiger partial charge in [-0.3, -0.25) is 0 Å². The van der Waals surface area contributed by atoms with Gasteiger partial charge in [-0.25, -0.2) is 0 Å². The molecule has 1 aliphatic heterocycles. The molecule has 1 saturated heterocycles. The minimum absolute atomic E-state index is 0.109. The highest BCUT2D eigenvalue weighted by atomic mass is 35.5. The highest BCUT2D eigenvalue weighted by molar-refractivity contribution is 6.32. The Balaban J connectivity index is 1.67. The Morgan fingerprint density at radius 3 is 2.53 bits per heavy atom. The van der Waals surface area contributed by atoms with Crippen LogP contribution >= 0.6 is 11.6 Å². The molecule has 2 rings (SSSR count). The van der Waals surface area contributed by atoms with Crippen LogP contribution in [0.3, 0.4) is 0 Å². The second-order valence-electron chi connectivity index (χ2n) is 6.27. The third kappa shape index (κ3) is 3.64. The fourth-order valence-electron chi connectivity index (χ4n) is 2.30.